The first-order valence-corrected chi connectivity index (χ1v) is 21.2. The molecule has 4 heterocycles. The normalized spacial score (nSPS) is 17.3. The number of amides is 4. The molecule has 2 fully saturated rings. The van der Waals surface area contributed by atoms with Gasteiger partial charge in [0.15, 0.2) is 0 Å². The van der Waals surface area contributed by atoms with Gasteiger partial charge in [0.25, 0.3) is 5.91 Å². The molecule has 0 bridgehead atoms. The van der Waals surface area contributed by atoms with E-state index in [1.165, 1.54) is 14.2 Å². The predicted octanol–water partition coefficient (Wildman–Crippen LogP) is 8.75. The molecule has 0 aliphatic carbocycles. The molecule has 4 N–H and O–H groups in total. The molecule has 0 spiro atoms. The van der Waals surface area contributed by atoms with Crippen LogP contribution in [0.5, 0.6) is 0 Å². The monoisotopic (exact) mass is 856 g/mol. The van der Waals surface area contributed by atoms with Gasteiger partial charge in [-0.05, 0) is 88.9 Å². The van der Waals surface area contributed by atoms with Gasteiger partial charge in [0.05, 0.1) is 50.1 Å². The molecule has 1 unspecified atom stereocenters. The molecule has 4 amide bonds. The number of hydrogen-bond acceptors (Lipinski definition) is 8. The maximum absolute atomic E-state index is 14.0. The summed E-state index contributed by atoms with van der Waals surface area (Å²) in [4.78, 5) is 71.8. The lowest BCUT2D eigenvalue weighted by Gasteiger charge is -2.30. The zero-order valence-corrected chi connectivity index (χ0v) is 35.7. The second kappa shape index (κ2) is 18.1. The van der Waals surface area contributed by atoms with Crippen LogP contribution in [0.15, 0.2) is 97.3 Å². The number of carbonyl (C=O) groups is 4. The number of rotatable bonds is 11. The Morgan fingerprint density at radius 3 is 1.74 bits per heavy atom. The highest BCUT2D eigenvalue weighted by Gasteiger charge is 2.39. The predicted molar refractivity (Wildman–Crippen MR) is 236 cm³/mol. The van der Waals surface area contributed by atoms with Gasteiger partial charge < -0.3 is 39.9 Å². The second-order valence-corrected chi connectivity index (χ2v) is 16.5. The molecule has 62 heavy (non-hydrogen) atoms. The van der Waals surface area contributed by atoms with E-state index in [1.807, 2.05) is 24.9 Å². The summed E-state index contributed by atoms with van der Waals surface area (Å²) in [6.45, 7) is 4.92. The van der Waals surface area contributed by atoms with Gasteiger partial charge in [0.2, 0.25) is 5.91 Å². The summed E-state index contributed by atoms with van der Waals surface area (Å²) in [6, 6.07) is 25.7. The van der Waals surface area contributed by atoms with E-state index >= 15 is 0 Å². The molecule has 2 aliphatic rings. The Morgan fingerprint density at radius 2 is 1.16 bits per heavy atom. The number of hydrogen-bond donors (Lipinski definition) is 4. The Bertz CT molecular complexity index is 2590. The number of nitrogens with zero attached hydrogens (tertiary/aromatic N) is 4. The molecular formula is C47H49ClN8O6. The van der Waals surface area contributed by atoms with E-state index in [4.69, 9.17) is 31.0 Å². The Balaban J connectivity index is 0.942. The number of aromatic amines is 2. The van der Waals surface area contributed by atoms with Crippen molar-refractivity contribution in [3.05, 3.63) is 120 Å². The fraction of sp³-hybridized carbons (Fsp3) is 0.319. The van der Waals surface area contributed by atoms with Crippen LogP contribution in [0.4, 0.5) is 9.59 Å². The third-order valence-corrected chi connectivity index (χ3v) is 12.1. The molecular weight excluding hydrogens is 808 g/mol. The number of nitrogens with one attached hydrogen (secondary N) is 4. The molecule has 4 atom stereocenters. The van der Waals surface area contributed by atoms with Crippen LogP contribution in [0, 0.1) is 5.92 Å². The number of aromatic nitrogens is 4. The number of imidazole rings is 2. The highest BCUT2D eigenvalue weighted by Crippen LogP contribution is 2.36. The highest BCUT2D eigenvalue weighted by atomic mass is 35.5. The van der Waals surface area contributed by atoms with E-state index in [1.54, 1.807) is 35.4 Å². The average molecular weight is 857 g/mol. The van der Waals surface area contributed by atoms with Gasteiger partial charge >= 0.3 is 12.2 Å². The number of halogens is 1. The summed E-state index contributed by atoms with van der Waals surface area (Å²) in [5.74, 6) is 0.902. The van der Waals surface area contributed by atoms with Gasteiger partial charge in [-0.3, -0.25) is 9.59 Å². The Kier molecular flexibility index (Phi) is 12.3. The Hall–Kier alpha value is -6.67. The molecule has 0 radical (unpaired) electrons. The van der Waals surface area contributed by atoms with Crippen molar-refractivity contribution < 1.29 is 28.7 Å². The minimum absolute atomic E-state index is 0.111. The van der Waals surface area contributed by atoms with Crippen LogP contribution >= 0.6 is 11.6 Å². The van der Waals surface area contributed by atoms with Gasteiger partial charge in [0, 0.05) is 23.7 Å². The van der Waals surface area contributed by atoms with Gasteiger partial charge in [-0.1, -0.05) is 86.1 Å². The zero-order valence-electron chi connectivity index (χ0n) is 35.0. The smallest absolute Gasteiger partial charge is 0.407 e. The van der Waals surface area contributed by atoms with Crippen LogP contribution in [-0.4, -0.2) is 87.1 Å². The van der Waals surface area contributed by atoms with E-state index in [0.29, 0.717) is 29.5 Å². The molecule has 320 valence electrons. The molecule has 2 aliphatic heterocycles. The van der Waals surface area contributed by atoms with E-state index < -0.39 is 24.3 Å². The number of ether oxygens (including phenoxy) is 2. The number of fused-ring (bicyclic) bond motifs is 1. The standard InChI is InChI=1S/C47H49ClN8O6/c1-27(2)40(53-46(59)61-3)44(57)55-21-5-7-38(55)43-50-26-37(52-43)34-16-15-32-23-31(13-14-33(32)24-34)28-9-11-29(12-10-28)36-25-49-42(51-36)39-8-6-22-56(39)45(58)41(54-47(60)62-4)30-17-19-35(48)20-18-30/h9-20,23-27,38-41H,5-8,21-22H2,1-4H3,(H,49,51)(H,50,52)(H,53,59)(H,54,60)/t38-,39-,40-,41?/m0/s1. The first-order valence-electron chi connectivity index (χ1n) is 20.8. The van der Waals surface area contributed by atoms with Crippen LogP contribution in [0.2, 0.25) is 5.02 Å². The lowest BCUT2D eigenvalue weighted by atomic mass is 9.98. The number of likely N-dealkylation sites (tertiary alicyclic amines) is 2. The zero-order chi connectivity index (χ0) is 43.5. The van der Waals surface area contributed by atoms with Gasteiger partial charge in [-0.2, -0.15) is 0 Å². The van der Waals surface area contributed by atoms with Gasteiger partial charge in [-0.15, -0.1) is 0 Å². The third kappa shape index (κ3) is 8.73. The SMILES string of the molecule is COC(=O)NC(C(=O)N1CCC[C@H]1c1ncc(-c2ccc(-c3ccc4cc(-c5cnc([C@@H]6CCCN6C(=O)[C@@H](NC(=O)OC)C(C)C)[nH]5)ccc4c3)cc2)[nH]1)c1ccc(Cl)cc1. The number of alkyl carbamates (subject to hydrolysis) is 2. The van der Waals surface area contributed by atoms with Crippen LogP contribution in [-0.2, 0) is 19.1 Å². The minimum atomic E-state index is -0.944. The van der Waals surface area contributed by atoms with Crippen molar-refractivity contribution in [1.29, 1.82) is 0 Å². The maximum Gasteiger partial charge on any atom is 0.407 e. The summed E-state index contributed by atoms with van der Waals surface area (Å²) in [5, 5.41) is 8.09. The summed E-state index contributed by atoms with van der Waals surface area (Å²) < 4.78 is 9.60. The lowest BCUT2D eigenvalue weighted by molar-refractivity contribution is -0.135. The quantitative estimate of drug-likeness (QED) is 0.100. The lowest BCUT2D eigenvalue weighted by Crippen LogP contribution is -2.51. The van der Waals surface area contributed by atoms with Crippen LogP contribution in [0.1, 0.15) is 74.9 Å². The molecule has 6 aromatic rings. The maximum atomic E-state index is 14.0. The highest BCUT2D eigenvalue weighted by molar-refractivity contribution is 6.30. The van der Waals surface area contributed by atoms with E-state index in [2.05, 4.69) is 81.3 Å². The van der Waals surface area contributed by atoms with E-state index in [9.17, 15) is 19.2 Å². The number of methoxy groups -OCH3 is 2. The summed E-state index contributed by atoms with van der Waals surface area (Å²) in [7, 11) is 2.56. The van der Waals surface area contributed by atoms with Crippen molar-refractivity contribution in [3.63, 3.8) is 0 Å². The molecule has 14 nitrogen and oxygen atoms in total. The average Bonchev–Trinajstić information content (AvgIpc) is 4.14. The topological polar surface area (TPSA) is 175 Å². The van der Waals surface area contributed by atoms with Crippen LogP contribution in [0.25, 0.3) is 44.4 Å². The Labute approximate surface area is 364 Å². The molecule has 8 rings (SSSR count). The van der Waals surface area contributed by atoms with Crippen molar-refractivity contribution >= 4 is 46.4 Å². The summed E-state index contributed by atoms with van der Waals surface area (Å²) in [5.41, 5.74) is 6.39. The first kappa shape index (κ1) is 42.0. The Morgan fingerprint density at radius 1 is 0.661 bits per heavy atom. The first-order chi connectivity index (χ1) is 30.0. The molecule has 15 heteroatoms. The van der Waals surface area contributed by atoms with Crippen LogP contribution < -0.4 is 10.6 Å². The minimum Gasteiger partial charge on any atom is -0.453 e. The molecule has 0 saturated carbocycles. The largest absolute Gasteiger partial charge is 0.453 e. The number of H-pyrrole nitrogens is 2. The fourth-order valence-electron chi connectivity index (χ4n) is 8.53. The summed E-state index contributed by atoms with van der Waals surface area (Å²) in [6.07, 6.45) is 5.43. The van der Waals surface area contributed by atoms with E-state index in [-0.39, 0.29) is 29.8 Å². The van der Waals surface area contributed by atoms with Crippen molar-refractivity contribution in [3.8, 4) is 33.6 Å². The number of benzene rings is 4. The van der Waals surface area contributed by atoms with Gasteiger partial charge in [-0.25, -0.2) is 19.6 Å². The number of carbonyl (C=O) groups excluding carboxylic acids is 4. The van der Waals surface area contributed by atoms with Crippen molar-refractivity contribution in [2.45, 2.75) is 63.7 Å². The van der Waals surface area contributed by atoms with Gasteiger partial charge in [0.1, 0.15) is 23.7 Å². The summed E-state index contributed by atoms with van der Waals surface area (Å²) >= 11 is 6.10. The molecule has 4 aromatic carbocycles. The second-order valence-electron chi connectivity index (χ2n) is 16.1. The van der Waals surface area contributed by atoms with Crippen molar-refractivity contribution in [1.82, 2.24) is 40.4 Å². The molecule has 2 aromatic heterocycles. The fourth-order valence-corrected chi connectivity index (χ4v) is 8.66. The van der Waals surface area contributed by atoms with Crippen LogP contribution in [0.3, 0.4) is 0 Å². The molecule has 2 saturated heterocycles. The third-order valence-electron chi connectivity index (χ3n) is 11.9. The van der Waals surface area contributed by atoms with E-state index in [0.717, 1.165) is 75.9 Å². The van der Waals surface area contributed by atoms with Crippen molar-refractivity contribution in [2.24, 2.45) is 5.92 Å². The van der Waals surface area contributed by atoms with Crippen molar-refractivity contribution in [2.75, 3.05) is 27.3 Å².